The Labute approximate surface area is 175 Å². The molecule has 0 aliphatic heterocycles. The van der Waals surface area contributed by atoms with E-state index >= 15 is 0 Å². The van der Waals surface area contributed by atoms with Crippen LogP contribution in [0.2, 0.25) is 0 Å². The van der Waals surface area contributed by atoms with Crippen LogP contribution in [0.5, 0.6) is 23.0 Å². The molecule has 30 heavy (non-hydrogen) atoms. The molecule has 1 N–H and O–H groups in total. The topological polar surface area (TPSA) is 92.3 Å². The van der Waals surface area contributed by atoms with E-state index in [-0.39, 0.29) is 6.61 Å². The van der Waals surface area contributed by atoms with Crippen molar-refractivity contribution >= 4 is 23.6 Å². The summed E-state index contributed by atoms with van der Waals surface area (Å²) in [4.78, 5) is 23.9. The highest BCUT2D eigenvalue weighted by molar-refractivity contribution is 5.93. The molecule has 0 atom stereocenters. The lowest BCUT2D eigenvalue weighted by atomic mass is 10.2. The van der Waals surface area contributed by atoms with Crippen LogP contribution in [0.3, 0.4) is 0 Å². The van der Waals surface area contributed by atoms with Crippen molar-refractivity contribution in [2.24, 2.45) is 0 Å². The number of methoxy groups -OCH3 is 3. The number of ether oxygens (including phenoxy) is 5. The van der Waals surface area contributed by atoms with Crippen molar-refractivity contribution < 1.29 is 33.3 Å². The lowest BCUT2D eigenvalue weighted by Crippen LogP contribution is -2.23. The molecule has 0 spiro atoms. The summed E-state index contributed by atoms with van der Waals surface area (Å²) in [5, 5.41) is 2.61. The monoisotopic (exact) mass is 415 g/mol. The molecule has 0 aromatic heterocycles. The van der Waals surface area contributed by atoms with E-state index in [9.17, 15) is 9.59 Å². The van der Waals surface area contributed by atoms with Gasteiger partial charge in [0.25, 0.3) is 5.91 Å². The third-order valence-corrected chi connectivity index (χ3v) is 3.92. The number of carbonyl (C=O) groups is 2. The fourth-order valence-electron chi connectivity index (χ4n) is 2.53. The van der Waals surface area contributed by atoms with Crippen molar-refractivity contribution in [2.75, 3.05) is 39.9 Å². The molecule has 0 bridgehead atoms. The van der Waals surface area contributed by atoms with Crippen LogP contribution in [-0.2, 0) is 14.3 Å². The van der Waals surface area contributed by atoms with E-state index < -0.39 is 18.5 Å². The Morgan fingerprint density at radius 2 is 1.53 bits per heavy atom. The van der Waals surface area contributed by atoms with E-state index in [1.165, 1.54) is 21.3 Å². The molecule has 2 rings (SSSR count). The molecule has 0 heterocycles. The minimum absolute atomic E-state index is 0.358. The molecule has 0 aliphatic carbocycles. The van der Waals surface area contributed by atoms with Crippen LogP contribution < -0.4 is 24.3 Å². The van der Waals surface area contributed by atoms with Crippen LogP contribution in [0.4, 0.5) is 5.69 Å². The largest absolute Gasteiger partial charge is 0.493 e. The maximum atomic E-state index is 12.0. The number of hydrogen-bond acceptors (Lipinski definition) is 7. The van der Waals surface area contributed by atoms with Gasteiger partial charge in [0.1, 0.15) is 0 Å². The standard InChI is InChI=1S/C22H25NO7/c1-5-6-15-7-9-18(19(11-15)27-3)29-14-22(25)30-13-21(24)23-16-8-10-17(26-2)20(12-16)28-4/h5-12H,13-14H2,1-4H3,(H,23,24)/b6-5+. The first-order valence-electron chi connectivity index (χ1n) is 9.11. The summed E-state index contributed by atoms with van der Waals surface area (Å²) in [6.07, 6.45) is 3.82. The van der Waals surface area contributed by atoms with Gasteiger partial charge in [-0.25, -0.2) is 4.79 Å². The number of amides is 1. The molecule has 160 valence electrons. The van der Waals surface area contributed by atoms with Crippen LogP contribution in [-0.4, -0.2) is 46.4 Å². The average molecular weight is 415 g/mol. The number of nitrogens with one attached hydrogen (secondary N) is 1. The Morgan fingerprint density at radius 3 is 2.20 bits per heavy atom. The molecule has 1 amide bonds. The zero-order chi connectivity index (χ0) is 21.9. The van der Waals surface area contributed by atoms with E-state index in [0.29, 0.717) is 28.7 Å². The van der Waals surface area contributed by atoms with Crippen LogP contribution in [0.1, 0.15) is 12.5 Å². The molecule has 0 saturated carbocycles. The fraction of sp³-hybridized carbons (Fsp3) is 0.273. The highest BCUT2D eigenvalue weighted by atomic mass is 16.6. The van der Waals surface area contributed by atoms with Crippen molar-refractivity contribution in [1.29, 1.82) is 0 Å². The summed E-state index contributed by atoms with van der Waals surface area (Å²) in [5.74, 6) is 0.714. The number of hydrogen-bond donors (Lipinski definition) is 1. The van der Waals surface area contributed by atoms with Crippen LogP contribution in [0.15, 0.2) is 42.5 Å². The van der Waals surface area contributed by atoms with Crippen LogP contribution in [0, 0.1) is 0 Å². The van der Waals surface area contributed by atoms with Crippen molar-refractivity contribution in [3.8, 4) is 23.0 Å². The Morgan fingerprint density at radius 1 is 0.867 bits per heavy atom. The highest BCUT2D eigenvalue weighted by Gasteiger charge is 2.12. The predicted molar refractivity (Wildman–Crippen MR) is 112 cm³/mol. The van der Waals surface area contributed by atoms with Crippen molar-refractivity contribution in [3.05, 3.63) is 48.0 Å². The second-order valence-electron chi connectivity index (χ2n) is 5.98. The third kappa shape index (κ3) is 6.44. The Balaban J connectivity index is 1.84. The van der Waals surface area contributed by atoms with Gasteiger partial charge in [0.05, 0.1) is 21.3 Å². The summed E-state index contributed by atoms with van der Waals surface area (Å²) in [6, 6.07) is 10.2. The molecule has 0 radical (unpaired) electrons. The van der Waals surface area contributed by atoms with Gasteiger partial charge in [-0.05, 0) is 36.8 Å². The maximum Gasteiger partial charge on any atom is 0.344 e. The zero-order valence-electron chi connectivity index (χ0n) is 17.4. The smallest absolute Gasteiger partial charge is 0.344 e. The number of carbonyl (C=O) groups excluding carboxylic acids is 2. The predicted octanol–water partition coefficient (Wildman–Crippen LogP) is 3.31. The van der Waals surface area contributed by atoms with Gasteiger partial charge in [-0.2, -0.15) is 0 Å². The van der Waals surface area contributed by atoms with Crippen molar-refractivity contribution in [2.45, 2.75) is 6.92 Å². The second-order valence-corrected chi connectivity index (χ2v) is 5.98. The quantitative estimate of drug-likeness (QED) is 0.595. The number of allylic oxidation sites excluding steroid dienone is 1. The van der Waals surface area contributed by atoms with Gasteiger partial charge < -0.3 is 29.0 Å². The van der Waals surface area contributed by atoms with Crippen molar-refractivity contribution in [3.63, 3.8) is 0 Å². The lowest BCUT2D eigenvalue weighted by Gasteiger charge is -2.12. The Kier molecular flexibility index (Phi) is 8.56. The summed E-state index contributed by atoms with van der Waals surface area (Å²) < 4.78 is 26.0. The van der Waals surface area contributed by atoms with E-state index in [0.717, 1.165) is 5.56 Å². The third-order valence-electron chi connectivity index (χ3n) is 3.92. The second kappa shape index (κ2) is 11.4. The number of esters is 1. The summed E-state index contributed by atoms with van der Waals surface area (Å²) in [7, 11) is 4.52. The van der Waals surface area contributed by atoms with Crippen LogP contribution in [0.25, 0.3) is 6.08 Å². The zero-order valence-corrected chi connectivity index (χ0v) is 17.4. The van der Waals surface area contributed by atoms with E-state index in [1.54, 1.807) is 30.3 Å². The first kappa shape index (κ1) is 22.6. The van der Waals surface area contributed by atoms with Gasteiger partial charge >= 0.3 is 5.97 Å². The molecule has 8 nitrogen and oxygen atoms in total. The molecule has 8 heteroatoms. The van der Waals surface area contributed by atoms with Crippen molar-refractivity contribution in [1.82, 2.24) is 0 Å². The average Bonchev–Trinajstić information content (AvgIpc) is 2.76. The summed E-state index contributed by atoms with van der Waals surface area (Å²) >= 11 is 0. The number of benzene rings is 2. The molecule has 0 saturated heterocycles. The van der Waals surface area contributed by atoms with Gasteiger partial charge in [0.2, 0.25) is 0 Å². The SMILES string of the molecule is C/C=C/c1ccc(OCC(=O)OCC(=O)Nc2ccc(OC)c(OC)c2)c(OC)c1. The number of anilines is 1. The molecule has 0 aliphatic rings. The van der Waals surface area contributed by atoms with E-state index in [2.05, 4.69) is 5.32 Å². The summed E-state index contributed by atoms with van der Waals surface area (Å²) in [5.41, 5.74) is 1.42. The lowest BCUT2D eigenvalue weighted by molar-refractivity contribution is -0.149. The van der Waals surface area contributed by atoms with Gasteiger partial charge in [0, 0.05) is 11.8 Å². The molecular formula is C22H25NO7. The normalized spacial score (nSPS) is 10.4. The van der Waals surface area contributed by atoms with E-state index in [1.807, 2.05) is 25.1 Å². The Hall–Kier alpha value is -3.68. The molecule has 2 aromatic carbocycles. The van der Waals surface area contributed by atoms with Crippen LogP contribution >= 0.6 is 0 Å². The molecule has 0 fully saturated rings. The van der Waals surface area contributed by atoms with Gasteiger partial charge in [-0.1, -0.05) is 18.2 Å². The minimum Gasteiger partial charge on any atom is -0.493 e. The minimum atomic E-state index is -0.683. The van der Waals surface area contributed by atoms with Gasteiger partial charge in [0.15, 0.2) is 36.2 Å². The molecular weight excluding hydrogens is 390 g/mol. The fourth-order valence-corrected chi connectivity index (χ4v) is 2.53. The van der Waals surface area contributed by atoms with Gasteiger partial charge in [-0.15, -0.1) is 0 Å². The maximum absolute atomic E-state index is 12.0. The van der Waals surface area contributed by atoms with E-state index in [4.69, 9.17) is 23.7 Å². The first-order chi connectivity index (χ1) is 14.5. The highest BCUT2D eigenvalue weighted by Crippen LogP contribution is 2.30. The number of rotatable bonds is 10. The molecule has 0 unspecified atom stereocenters. The Bertz CT molecular complexity index is 908. The molecule has 2 aromatic rings. The summed E-state index contributed by atoms with van der Waals surface area (Å²) in [6.45, 7) is 1.10. The first-order valence-corrected chi connectivity index (χ1v) is 9.11. The van der Waals surface area contributed by atoms with Gasteiger partial charge in [-0.3, -0.25) is 4.79 Å².